The maximum atomic E-state index is 12.0. The third-order valence-corrected chi connectivity index (χ3v) is 4.65. The molecule has 0 aliphatic rings. The van der Waals surface area contributed by atoms with Gasteiger partial charge in [0, 0.05) is 6.54 Å². The molecule has 3 aromatic rings. The molecule has 0 saturated heterocycles. The average Bonchev–Trinajstić information content (AvgIpc) is 3.29. The van der Waals surface area contributed by atoms with Crippen molar-refractivity contribution in [2.24, 2.45) is 5.92 Å². The molecule has 3 rings (SSSR count). The van der Waals surface area contributed by atoms with E-state index in [-0.39, 0.29) is 5.91 Å². The normalized spacial score (nSPS) is 11.0. The predicted molar refractivity (Wildman–Crippen MR) is 102 cm³/mol. The van der Waals surface area contributed by atoms with Gasteiger partial charge in [0.25, 0.3) is 0 Å². The van der Waals surface area contributed by atoms with Crippen molar-refractivity contribution < 1.29 is 9.21 Å². The van der Waals surface area contributed by atoms with Gasteiger partial charge in [-0.2, -0.15) is 0 Å². The van der Waals surface area contributed by atoms with Gasteiger partial charge in [-0.05, 0) is 23.6 Å². The van der Waals surface area contributed by atoms with Crippen molar-refractivity contribution in [2.45, 2.75) is 25.5 Å². The molecule has 0 unspecified atom stereocenters. The van der Waals surface area contributed by atoms with Gasteiger partial charge in [0.05, 0.1) is 18.6 Å². The van der Waals surface area contributed by atoms with Crippen LogP contribution in [0.4, 0.5) is 0 Å². The number of carbonyl (C=O) groups excluding carboxylic acids is 1. The van der Waals surface area contributed by atoms with Crippen molar-refractivity contribution >= 4 is 17.7 Å². The summed E-state index contributed by atoms with van der Waals surface area (Å²) >= 11 is 1.38. The van der Waals surface area contributed by atoms with Crippen LogP contribution in [0, 0.1) is 5.92 Å². The van der Waals surface area contributed by atoms with E-state index < -0.39 is 0 Å². The minimum absolute atomic E-state index is 0.00231. The Labute approximate surface area is 157 Å². The predicted octanol–water partition coefficient (Wildman–Crippen LogP) is 3.45. The first kappa shape index (κ1) is 18.3. The molecule has 0 aliphatic heterocycles. The zero-order valence-corrected chi connectivity index (χ0v) is 15.7. The number of carbonyl (C=O) groups is 1. The zero-order chi connectivity index (χ0) is 18.4. The first-order valence-corrected chi connectivity index (χ1v) is 9.52. The van der Waals surface area contributed by atoms with Crippen LogP contribution in [0.15, 0.2) is 58.3 Å². The quantitative estimate of drug-likeness (QED) is 0.615. The Kier molecular flexibility index (Phi) is 6.12. The summed E-state index contributed by atoms with van der Waals surface area (Å²) in [6, 6.07) is 13.8. The maximum absolute atomic E-state index is 12.0. The minimum atomic E-state index is -0.00231. The number of furan rings is 1. The summed E-state index contributed by atoms with van der Waals surface area (Å²) in [5.41, 5.74) is 1.13. The van der Waals surface area contributed by atoms with Crippen molar-refractivity contribution in [3.63, 3.8) is 0 Å². The highest BCUT2D eigenvalue weighted by molar-refractivity contribution is 7.99. The number of nitrogens with zero attached hydrogens (tertiary/aromatic N) is 3. The SMILES string of the molecule is CC(C)CNC(=O)CSc1nnc(-c2ccco2)n1Cc1ccccc1. The van der Waals surface area contributed by atoms with Crippen LogP contribution in [0.25, 0.3) is 11.6 Å². The van der Waals surface area contributed by atoms with E-state index in [1.54, 1.807) is 6.26 Å². The number of nitrogens with one attached hydrogen (secondary N) is 1. The Morgan fingerprint density at radius 2 is 2.00 bits per heavy atom. The Hall–Kier alpha value is -2.54. The molecule has 0 spiro atoms. The third kappa shape index (κ3) is 4.76. The molecule has 1 amide bonds. The zero-order valence-electron chi connectivity index (χ0n) is 14.9. The van der Waals surface area contributed by atoms with Gasteiger partial charge in [-0.3, -0.25) is 9.36 Å². The monoisotopic (exact) mass is 370 g/mol. The average molecular weight is 370 g/mol. The number of amides is 1. The van der Waals surface area contributed by atoms with Crippen LogP contribution in [-0.2, 0) is 11.3 Å². The molecule has 0 fully saturated rings. The van der Waals surface area contributed by atoms with Crippen LogP contribution < -0.4 is 5.32 Å². The fourth-order valence-corrected chi connectivity index (χ4v) is 3.16. The van der Waals surface area contributed by atoms with Crippen LogP contribution in [0.5, 0.6) is 0 Å². The molecular weight excluding hydrogens is 348 g/mol. The van der Waals surface area contributed by atoms with Gasteiger partial charge in [0.1, 0.15) is 0 Å². The van der Waals surface area contributed by atoms with Gasteiger partial charge in [-0.15, -0.1) is 10.2 Å². The summed E-state index contributed by atoms with van der Waals surface area (Å²) < 4.78 is 7.47. The van der Waals surface area contributed by atoms with Crippen molar-refractivity contribution in [2.75, 3.05) is 12.3 Å². The fourth-order valence-electron chi connectivity index (χ4n) is 2.39. The van der Waals surface area contributed by atoms with Crippen LogP contribution in [0.1, 0.15) is 19.4 Å². The maximum Gasteiger partial charge on any atom is 0.230 e. The van der Waals surface area contributed by atoms with Crippen molar-refractivity contribution in [3.8, 4) is 11.6 Å². The molecule has 26 heavy (non-hydrogen) atoms. The number of benzene rings is 1. The lowest BCUT2D eigenvalue weighted by Gasteiger charge is -2.10. The van der Waals surface area contributed by atoms with E-state index in [1.165, 1.54) is 11.8 Å². The molecule has 7 heteroatoms. The van der Waals surface area contributed by atoms with Gasteiger partial charge < -0.3 is 9.73 Å². The molecule has 0 bridgehead atoms. The van der Waals surface area contributed by atoms with Crippen molar-refractivity contribution in [3.05, 3.63) is 54.3 Å². The number of thioether (sulfide) groups is 1. The van der Waals surface area contributed by atoms with Crippen molar-refractivity contribution in [1.82, 2.24) is 20.1 Å². The second-order valence-corrected chi connectivity index (χ2v) is 7.28. The molecule has 6 nitrogen and oxygen atoms in total. The number of hydrogen-bond donors (Lipinski definition) is 1. The smallest absolute Gasteiger partial charge is 0.230 e. The lowest BCUT2D eigenvalue weighted by molar-refractivity contribution is -0.118. The fraction of sp³-hybridized carbons (Fsp3) is 0.316. The van der Waals surface area contributed by atoms with E-state index in [9.17, 15) is 4.79 Å². The molecule has 0 radical (unpaired) electrons. The molecule has 0 atom stereocenters. The lowest BCUT2D eigenvalue weighted by atomic mass is 10.2. The summed E-state index contributed by atoms with van der Waals surface area (Å²) in [7, 11) is 0. The van der Waals surface area contributed by atoms with E-state index in [0.29, 0.717) is 41.5 Å². The number of hydrogen-bond acceptors (Lipinski definition) is 5. The second kappa shape index (κ2) is 8.71. The first-order chi connectivity index (χ1) is 12.6. The third-order valence-electron chi connectivity index (χ3n) is 3.68. The highest BCUT2D eigenvalue weighted by Gasteiger charge is 2.17. The topological polar surface area (TPSA) is 73.0 Å². The van der Waals surface area contributed by atoms with Gasteiger partial charge in [-0.25, -0.2) is 0 Å². The lowest BCUT2D eigenvalue weighted by Crippen LogP contribution is -2.28. The first-order valence-electron chi connectivity index (χ1n) is 8.54. The van der Waals surface area contributed by atoms with E-state index in [4.69, 9.17) is 4.42 Å². The molecule has 2 aromatic heterocycles. The second-order valence-electron chi connectivity index (χ2n) is 6.34. The van der Waals surface area contributed by atoms with E-state index in [0.717, 1.165) is 5.56 Å². The number of rotatable bonds is 8. The minimum Gasteiger partial charge on any atom is -0.461 e. The van der Waals surface area contributed by atoms with Crippen LogP contribution >= 0.6 is 11.8 Å². The standard InChI is InChI=1S/C19H22N4O2S/c1-14(2)11-20-17(24)13-26-19-22-21-18(16-9-6-10-25-16)23(19)12-15-7-4-3-5-8-15/h3-10,14H,11-13H2,1-2H3,(H,20,24). The molecule has 2 heterocycles. The summed E-state index contributed by atoms with van der Waals surface area (Å²) in [4.78, 5) is 12.0. The Morgan fingerprint density at radius 3 is 2.69 bits per heavy atom. The summed E-state index contributed by atoms with van der Waals surface area (Å²) in [5.74, 6) is 2.04. The van der Waals surface area contributed by atoms with Crippen LogP contribution in [0.3, 0.4) is 0 Å². The molecule has 0 aliphatic carbocycles. The highest BCUT2D eigenvalue weighted by atomic mass is 32.2. The van der Waals surface area contributed by atoms with Crippen LogP contribution in [-0.4, -0.2) is 33.0 Å². The van der Waals surface area contributed by atoms with Gasteiger partial charge in [0.2, 0.25) is 11.7 Å². The number of aromatic nitrogens is 3. The Morgan fingerprint density at radius 1 is 1.19 bits per heavy atom. The highest BCUT2D eigenvalue weighted by Crippen LogP contribution is 2.25. The summed E-state index contributed by atoms with van der Waals surface area (Å²) in [6.45, 7) is 5.42. The largest absolute Gasteiger partial charge is 0.461 e. The Bertz CT molecular complexity index is 829. The van der Waals surface area contributed by atoms with Gasteiger partial charge >= 0.3 is 0 Å². The van der Waals surface area contributed by atoms with E-state index in [1.807, 2.05) is 34.9 Å². The van der Waals surface area contributed by atoms with Gasteiger partial charge in [-0.1, -0.05) is 55.9 Å². The summed E-state index contributed by atoms with van der Waals surface area (Å²) in [6.07, 6.45) is 1.61. The van der Waals surface area contributed by atoms with E-state index in [2.05, 4.69) is 41.5 Å². The molecule has 0 saturated carbocycles. The molecule has 1 aromatic carbocycles. The molecule has 1 N–H and O–H groups in total. The Balaban J connectivity index is 1.77. The molecule has 136 valence electrons. The van der Waals surface area contributed by atoms with Crippen LogP contribution in [0.2, 0.25) is 0 Å². The summed E-state index contributed by atoms with van der Waals surface area (Å²) in [5, 5.41) is 12.2. The molecular formula is C19H22N4O2S. The van der Waals surface area contributed by atoms with E-state index >= 15 is 0 Å². The van der Waals surface area contributed by atoms with Gasteiger partial charge in [0.15, 0.2) is 10.9 Å². The van der Waals surface area contributed by atoms with Crippen molar-refractivity contribution in [1.29, 1.82) is 0 Å².